The van der Waals surface area contributed by atoms with Crippen LogP contribution in [0, 0.1) is 11.8 Å². The molecule has 0 aliphatic carbocycles. The van der Waals surface area contributed by atoms with Crippen molar-refractivity contribution in [1.82, 2.24) is 0 Å². The van der Waals surface area contributed by atoms with E-state index in [9.17, 15) is 0 Å². The van der Waals surface area contributed by atoms with E-state index in [1.165, 1.54) is 263 Å². The molecular weight excluding hydrogens is 1220 g/mol. The summed E-state index contributed by atoms with van der Waals surface area (Å²) in [5.41, 5.74) is 0. The molecule has 0 aromatic carbocycles. The van der Waals surface area contributed by atoms with Crippen LogP contribution in [0.1, 0.15) is 214 Å². The number of unbranched alkanes of at least 4 members (excludes halogenated alkanes) is 18. The Hall–Kier alpha value is -2.01. The molecule has 0 saturated carbocycles. The zero-order valence-corrected chi connectivity index (χ0v) is 62.2. The Balaban J connectivity index is 0.594. The van der Waals surface area contributed by atoms with Crippen LogP contribution in [-0.4, -0.2) is 16.6 Å². The van der Waals surface area contributed by atoms with Gasteiger partial charge < -0.3 is 4.12 Å². The summed E-state index contributed by atoms with van der Waals surface area (Å²) in [4.78, 5) is 23.2. The molecule has 8 aromatic heterocycles. The lowest BCUT2D eigenvalue weighted by atomic mass is 9.95. The highest BCUT2D eigenvalue weighted by molar-refractivity contribution is 7.29. The van der Waals surface area contributed by atoms with E-state index in [1.54, 1.807) is 19.5 Å². The van der Waals surface area contributed by atoms with Crippen molar-refractivity contribution in [2.24, 2.45) is 11.8 Å². The van der Waals surface area contributed by atoms with Crippen molar-refractivity contribution in [3.63, 3.8) is 0 Å². The van der Waals surface area contributed by atoms with Crippen molar-refractivity contribution in [2.45, 2.75) is 259 Å². The molecule has 0 fully saturated rings. The first-order chi connectivity index (χ1) is 41.4. The van der Waals surface area contributed by atoms with Crippen LogP contribution < -0.4 is 0 Å². The molecule has 0 bridgehead atoms. The highest BCUT2D eigenvalue weighted by Crippen LogP contribution is 2.46. The summed E-state index contributed by atoms with van der Waals surface area (Å²) in [6, 6.07) is 40.5. The average Bonchev–Trinajstić information content (AvgIpc) is 3.09. The van der Waals surface area contributed by atoms with E-state index >= 15 is 0 Å². The normalized spacial score (nSPS) is 13.0. The second kappa shape index (κ2) is 36.7. The molecule has 464 valence electrons. The summed E-state index contributed by atoms with van der Waals surface area (Å²) in [6.45, 7) is 19.4. The fraction of sp³-hybridized carbons (Fsp3) is 0.568. The molecule has 2 unspecified atom stereocenters. The van der Waals surface area contributed by atoms with Gasteiger partial charge in [-0.15, -0.1) is 90.7 Å². The smallest absolute Gasteiger partial charge is 0.173 e. The van der Waals surface area contributed by atoms with E-state index in [4.69, 9.17) is 4.12 Å². The molecule has 11 heteroatoms. The Labute approximate surface area is 551 Å². The molecule has 85 heavy (non-hydrogen) atoms. The standard InChI is InChI=1S/C74H106OS8Si2/c1-9-13-33-57(11-3)55-61-39-43-65(78-61)69-47-51-73(82-69)71-49-45-67(80-71)63-41-37-59(76-63)35-29-25-21-17-15-19-23-27-31-53-84(5,6)75-85(7,8)54-32-28-24-20-16-18-22-26-30-36-60-38-42-64(77-60)68-46-50-72(81-68)74-52-48-70(83-74)66-44-40-62(79-66)56-58(12-4)34-14-10-2/h37-52,57-58H,9-36,53-56H2,1-8H3. The molecule has 0 radical (unpaired) electrons. The Kier molecular flexibility index (Phi) is 29.8. The summed E-state index contributed by atoms with van der Waals surface area (Å²) in [7, 11) is -3.20. The molecule has 0 aliphatic heterocycles. The third-order valence-corrected chi connectivity index (χ3v) is 35.1. The molecule has 0 N–H and O–H groups in total. The summed E-state index contributed by atoms with van der Waals surface area (Å²) < 4.78 is 7.08. The zero-order valence-electron chi connectivity index (χ0n) is 53.7. The fourth-order valence-corrected chi connectivity index (χ4v) is 30.3. The van der Waals surface area contributed by atoms with Crippen LogP contribution in [0.15, 0.2) is 97.1 Å². The van der Waals surface area contributed by atoms with Gasteiger partial charge in [-0.25, -0.2) is 0 Å². The van der Waals surface area contributed by atoms with E-state index in [2.05, 4.69) is 151 Å². The van der Waals surface area contributed by atoms with Crippen molar-refractivity contribution >= 4 is 107 Å². The molecule has 2 atom stereocenters. The number of aryl methyl sites for hydroxylation is 2. The van der Waals surface area contributed by atoms with Gasteiger partial charge in [0.2, 0.25) is 0 Å². The van der Waals surface area contributed by atoms with Crippen molar-refractivity contribution in [2.75, 3.05) is 0 Å². The monoisotopic (exact) mass is 1320 g/mol. The van der Waals surface area contributed by atoms with Gasteiger partial charge in [0, 0.05) is 78.0 Å². The molecule has 8 aromatic rings. The van der Waals surface area contributed by atoms with Gasteiger partial charge in [-0.3, -0.25) is 0 Å². The van der Waals surface area contributed by atoms with Gasteiger partial charge in [-0.2, -0.15) is 0 Å². The molecule has 8 heterocycles. The maximum absolute atomic E-state index is 7.08. The summed E-state index contributed by atoms with van der Waals surface area (Å²) in [6.07, 6.45) is 40.4. The first-order valence-electron chi connectivity index (χ1n) is 33.9. The second-order valence-corrected chi connectivity index (χ2v) is 43.8. The van der Waals surface area contributed by atoms with Gasteiger partial charge in [0.25, 0.3) is 0 Å². The Morgan fingerprint density at radius 3 is 0.800 bits per heavy atom. The SMILES string of the molecule is CCCCC(CC)Cc1ccc(-c2ccc(-c3ccc(-c4ccc(CCCCCCCCCCC[Si](C)(C)O[Si](C)(C)CCCCCCCCCCCc5ccc(-c6ccc(-c7ccc(-c8ccc(CC(CC)CCCC)s8)s7)s6)s5)s4)s3)s2)s1. The van der Waals surface area contributed by atoms with Crippen LogP contribution in [0.25, 0.3) is 58.5 Å². The lowest BCUT2D eigenvalue weighted by Crippen LogP contribution is -2.44. The Bertz CT molecular complexity index is 2870. The van der Waals surface area contributed by atoms with Gasteiger partial charge in [0.15, 0.2) is 16.6 Å². The van der Waals surface area contributed by atoms with Crippen LogP contribution in [0.3, 0.4) is 0 Å². The quantitative estimate of drug-likeness (QED) is 0.0273. The number of hydrogen-bond acceptors (Lipinski definition) is 9. The van der Waals surface area contributed by atoms with Gasteiger partial charge >= 0.3 is 0 Å². The molecule has 8 rings (SSSR count). The minimum atomic E-state index is -1.60. The van der Waals surface area contributed by atoms with E-state index < -0.39 is 16.6 Å². The summed E-state index contributed by atoms with van der Waals surface area (Å²) in [5.74, 6) is 1.65. The van der Waals surface area contributed by atoms with E-state index in [0.717, 1.165) is 11.8 Å². The third-order valence-electron chi connectivity index (χ3n) is 17.6. The van der Waals surface area contributed by atoms with Crippen LogP contribution in [-0.2, 0) is 29.8 Å². The van der Waals surface area contributed by atoms with Crippen LogP contribution >= 0.6 is 90.7 Å². The lowest BCUT2D eigenvalue weighted by molar-refractivity contribution is 0.452. The van der Waals surface area contributed by atoms with Crippen molar-refractivity contribution < 1.29 is 4.12 Å². The maximum atomic E-state index is 7.08. The first-order valence-corrected chi connectivity index (χ1v) is 46.6. The predicted octanol–water partition coefficient (Wildman–Crippen LogP) is 28.9. The zero-order chi connectivity index (χ0) is 59.7. The minimum absolute atomic E-state index is 0.825. The highest BCUT2D eigenvalue weighted by Gasteiger charge is 2.32. The molecule has 0 spiro atoms. The highest BCUT2D eigenvalue weighted by atomic mass is 32.1. The molecule has 0 amide bonds. The van der Waals surface area contributed by atoms with Crippen LogP contribution in [0.4, 0.5) is 0 Å². The first kappa shape index (κ1) is 68.9. The fourth-order valence-electron chi connectivity index (χ4n) is 12.4. The lowest BCUT2D eigenvalue weighted by Gasteiger charge is -2.34. The largest absolute Gasteiger partial charge is 0.455 e. The van der Waals surface area contributed by atoms with Crippen LogP contribution in [0.2, 0.25) is 38.3 Å². The number of hydrogen-bond donors (Lipinski definition) is 0. The van der Waals surface area contributed by atoms with Gasteiger partial charge in [0.05, 0.1) is 0 Å². The topological polar surface area (TPSA) is 9.23 Å². The molecule has 0 aliphatic rings. The average molecular weight is 1320 g/mol. The van der Waals surface area contributed by atoms with Gasteiger partial charge in [-0.1, -0.05) is 182 Å². The Morgan fingerprint density at radius 2 is 0.518 bits per heavy atom. The molecule has 0 saturated heterocycles. The third kappa shape index (κ3) is 23.3. The Morgan fingerprint density at radius 1 is 0.282 bits per heavy atom. The van der Waals surface area contributed by atoms with Crippen molar-refractivity contribution in [3.8, 4) is 58.5 Å². The van der Waals surface area contributed by atoms with Crippen LogP contribution in [0.5, 0.6) is 0 Å². The van der Waals surface area contributed by atoms with E-state index in [0.29, 0.717) is 0 Å². The van der Waals surface area contributed by atoms with Gasteiger partial charge in [0.1, 0.15) is 0 Å². The summed E-state index contributed by atoms with van der Waals surface area (Å²) in [5, 5.41) is 0. The van der Waals surface area contributed by atoms with E-state index in [-0.39, 0.29) is 0 Å². The maximum Gasteiger partial charge on any atom is 0.173 e. The molecular formula is C74H106OS8Si2. The van der Waals surface area contributed by atoms with Gasteiger partial charge in [-0.05, 0) is 186 Å². The van der Waals surface area contributed by atoms with E-state index in [1.807, 2.05) is 90.7 Å². The van der Waals surface area contributed by atoms with Crippen molar-refractivity contribution in [1.29, 1.82) is 0 Å². The number of thiophene rings is 8. The van der Waals surface area contributed by atoms with Crippen molar-refractivity contribution in [3.05, 3.63) is 117 Å². The minimum Gasteiger partial charge on any atom is -0.455 e. The predicted molar refractivity (Wildman–Crippen MR) is 399 cm³/mol. The number of rotatable bonds is 44. The summed E-state index contributed by atoms with van der Waals surface area (Å²) >= 11 is 15.9. The second-order valence-electron chi connectivity index (χ2n) is 25.9. The molecule has 1 nitrogen and oxygen atoms in total.